The van der Waals surface area contributed by atoms with Crippen molar-refractivity contribution in [1.82, 2.24) is 4.98 Å². The summed E-state index contributed by atoms with van der Waals surface area (Å²) >= 11 is 0. The van der Waals surface area contributed by atoms with Crippen molar-refractivity contribution in [3.05, 3.63) is 24.1 Å². The fraction of sp³-hybridized carbons (Fsp3) is 0.462. The van der Waals surface area contributed by atoms with Gasteiger partial charge in [0.25, 0.3) is 0 Å². The van der Waals surface area contributed by atoms with Gasteiger partial charge in [0.2, 0.25) is 0 Å². The van der Waals surface area contributed by atoms with Crippen molar-refractivity contribution in [2.75, 3.05) is 5.73 Å². The summed E-state index contributed by atoms with van der Waals surface area (Å²) in [4.78, 5) is 4.54. The highest BCUT2D eigenvalue weighted by Gasteiger charge is 2.21. The van der Waals surface area contributed by atoms with Gasteiger partial charge in [-0.15, -0.1) is 0 Å². The summed E-state index contributed by atoms with van der Waals surface area (Å²) in [5, 5.41) is 0. The van der Waals surface area contributed by atoms with Gasteiger partial charge in [-0.1, -0.05) is 25.3 Å². The molecule has 16 heavy (non-hydrogen) atoms. The third-order valence-electron chi connectivity index (χ3n) is 3.42. The normalized spacial score (nSPS) is 18.0. The summed E-state index contributed by atoms with van der Waals surface area (Å²) in [5.41, 5.74) is 8.23. The zero-order valence-electron chi connectivity index (χ0n) is 9.28. The van der Waals surface area contributed by atoms with Gasteiger partial charge in [-0.2, -0.15) is 0 Å². The smallest absolute Gasteiger partial charge is 0.198 e. The quantitative estimate of drug-likeness (QED) is 0.743. The molecule has 1 aromatic heterocycles. The highest BCUT2D eigenvalue weighted by molar-refractivity contribution is 5.85. The average Bonchev–Trinajstić information content (AvgIpc) is 2.76. The van der Waals surface area contributed by atoms with E-state index in [1.165, 1.54) is 32.1 Å². The lowest BCUT2D eigenvalue weighted by Gasteiger charge is -2.17. The number of benzene rings is 1. The number of rotatable bonds is 1. The van der Waals surface area contributed by atoms with E-state index in [-0.39, 0.29) is 0 Å². The monoisotopic (exact) mass is 216 g/mol. The van der Waals surface area contributed by atoms with Crippen LogP contribution in [0, 0.1) is 0 Å². The van der Waals surface area contributed by atoms with Crippen molar-refractivity contribution in [3.63, 3.8) is 0 Å². The van der Waals surface area contributed by atoms with E-state index >= 15 is 0 Å². The fourth-order valence-electron chi connectivity index (χ4n) is 2.51. The molecule has 0 amide bonds. The molecular formula is C13H16N2O. The lowest BCUT2D eigenvalue weighted by Crippen LogP contribution is -2.04. The number of para-hydroxylation sites is 1. The molecule has 0 unspecified atom stereocenters. The van der Waals surface area contributed by atoms with Crippen molar-refractivity contribution in [2.24, 2.45) is 0 Å². The molecule has 0 radical (unpaired) electrons. The van der Waals surface area contributed by atoms with Gasteiger partial charge in [0.1, 0.15) is 5.52 Å². The molecule has 1 aromatic carbocycles. The molecule has 1 aliphatic rings. The molecule has 1 saturated carbocycles. The Bertz CT molecular complexity index is 498. The predicted octanol–water partition coefficient (Wildman–Crippen LogP) is 3.46. The first-order valence-electron chi connectivity index (χ1n) is 5.99. The molecule has 2 N–H and O–H groups in total. The number of fused-ring (bicyclic) bond motifs is 1. The van der Waals surface area contributed by atoms with E-state index in [0.717, 1.165) is 17.0 Å². The molecule has 0 aliphatic heterocycles. The number of hydrogen-bond acceptors (Lipinski definition) is 3. The Morgan fingerprint density at radius 1 is 1.19 bits per heavy atom. The van der Waals surface area contributed by atoms with Crippen LogP contribution in [-0.2, 0) is 0 Å². The third-order valence-corrected chi connectivity index (χ3v) is 3.42. The molecule has 0 atom stereocenters. The van der Waals surface area contributed by atoms with E-state index in [9.17, 15) is 0 Å². The van der Waals surface area contributed by atoms with Crippen molar-refractivity contribution >= 4 is 16.8 Å². The zero-order chi connectivity index (χ0) is 11.0. The van der Waals surface area contributed by atoms with Gasteiger partial charge in [0.15, 0.2) is 11.5 Å². The van der Waals surface area contributed by atoms with Crippen LogP contribution in [0.2, 0.25) is 0 Å². The van der Waals surface area contributed by atoms with Gasteiger partial charge in [-0.3, -0.25) is 0 Å². The summed E-state index contributed by atoms with van der Waals surface area (Å²) in [7, 11) is 0. The van der Waals surface area contributed by atoms with E-state index < -0.39 is 0 Å². The Kier molecular flexibility index (Phi) is 2.31. The first-order valence-corrected chi connectivity index (χ1v) is 5.99. The molecule has 0 spiro atoms. The van der Waals surface area contributed by atoms with Crippen LogP contribution in [0.3, 0.4) is 0 Å². The molecular weight excluding hydrogens is 200 g/mol. The van der Waals surface area contributed by atoms with Crippen LogP contribution >= 0.6 is 0 Å². The lowest BCUT2D eigenvalue weighted by molar-refractivity contribution is 0.373. The van der Waals surface area contributed by atoms with Crippen LogP contribution in [0.15, 0.2) is 22.6 Å². The standard InChI is InChI=1S/C13H16N2O/c14-10-7-4-8-11-12(10)15-13(16-11)9-5-2-1-3-6-9/h4,7-9H,1-3,5-6,14H2. The third kappa shape index (κ3) is 1.56. The Morgan fingerprint density at radius 2 is 2.00 bits per heavy atom. The first-order chi connectivity index (χ1) is 7.84. The molecule has 1 fully saturated rings. The van der Waals surface area contributed by atoms with Crippen molar-refractivity contribution < 1.29 is 4.42 Å². The second-order valence-electron chi connectivity index (χ2n) is 4.58. The van der Waals surface area contributed by atoms with E-state index in [4.69, 9.17) is 10.2 Å². The minimum atomic E-state index is 0.501. The lowest BCUT2D eigenvalue weighted by atomic mass is 9.89. The minimum Gasteiger partial charge on any atom is -0.440 e. The second-order valence-corrected chi connectivity index (χ2v) is 4.58. The maximum atomic E-state index is 5.88. The molecule has 0 saturated heterocycles. The number of nitrogens with two attached hydrogens (primary N) is 1. The van der Waals surface area contributed by atoms with Gasteiger partial charge < -0.3 is 10.2 Å². The highest BCUT2D eigenvalue weighted by Crippen LogP contribution is 2.34. The summed E-state index contributed by atoms with van der Waals surface area (Å²) in [6, 6.07) is 5.72. The highest BCUT2D eigenvalue weighted by atomic mass is 16.3. The Labute approximate surface area is 94.7 Å². The van der Waals surface area contributed by atoms with Gasteiger partial charge in [-0.05, 0) is 25.0 Å². The number of oxazole rings is 1. The Balaban J connectivity index is 2.01. The number of hydrogen-bond donors (Lipinski definition) is 1. The van der Waals surface area contributed by atoms with Crippen LogP contribution in [-0.4, -0.2) is 4.98 Å². The van der Waals surface area contributed by atoms with Gasteiger partial charge in [0, 0.05) is 5.92 Å². The Morgan fingerprint density at radius 3 is 2.75 bits per heavy atom. The molecule has 3 rings (SSSR count). The van der Waals surface area contributed by atoms with Crippen molar-refractivity contribution in [3.8, 4) is 0 Å². The van der Waals surface area contributed by atoms with E-state index in [1.807, 2.05) is 18.2 Å². The molecule has 3 heteroatoms. The predicted molar refractivity (Wildman–Crippen MR) is 64.2 cm³/mol. The maximum absolute atomic E-state index is 5.88. The molecule has 84 valence electrons. The van der Waals surface area contributed by atoms with Crippen LogP contribution in [0.4, 0.5) is 5.69 Å². The van der Waals surface area contributed by atoms with Crippen LogP contribution in [0.5, 0.6) is 0 Å². The summed E-state index contributed by atoms with van der Waals surface area (Å²) < 4.78 is 5.80. The van der Waals surface area contributed by atoms with E-state index in [1.54, 1.807) is 0 Å². The largest absolute Gasteiger partial charge is 0.440 e. The summed E-state index contributed by atoms with van der Waals surface area (Å²) in [6.45, 7) is 0. The second kappa shape index (κ2) is 3.81. The number of nitrogens with zero attached hydrogens (tertiary/aromatic N) is 1. The van der Waals surface area contributed by atoms with Crippen molar-refractivity contribution in [1.29, 1.82) is 0 Å². The molecule has 3 nitrogen and oxygen atoms in total. The van der Waals surface area contributed by atoms with E-state index in [0.29, 0.717) is 11.6 Å². The van der Waals surface area contributed by atoms with Gasteiger partial charge >= 0.3 is 0 Å². The van der Waals surface area contributed by atoms with Crippen LogP contribution in [0.25, 0.3) is 11.1 Å². The minimum absolute atomic E-state index is 0.501. The van der Waals surface area contributed by atoms with Crippen LogP contribution in [0.1, 0.15) is 43.9 Å². The van der Waals surface area contributed by atoms with Crippen molar-refractivity contribution in [2.45, 2.75) is 38.0 Å². The SMILES string of the molecule is Nc1cccc2oc(C3CCCCC3)nc12. The number of anilines is 1. The molecule has 1 heterocycles. The molecule has 1 aliphatic carbocycles. The first kappa shape index (κ1) is 9.70. The molecule has 2 aromatic rings. The number of aromatic nitrogens is 1. The fourth-order valence-corrected chi connectivity index (χ4v) is 2.51. The average molecular weight is 216 g/mol. The van der Waals surface area contributed by atoms with Gasteiger partial charge in [-0.25, -0.2) is 4.98 Å². The van der Waals surface area contributed by atoms with E-state index in [2.05, 4.69) is 4.98 Å². The number of nitrogen functional groups attached to an aromatic ring is 1. The van der Waals surface area contributed by atoms with Gasteiger partial charge in [0.05, 0.1) is 5.69 Å². The summed E-state index contributed by atoms with van der Waals surface area (Å²) in [5.74, 6) is 1.38. The topological polar surface area (TPSA) is 52.0 Å². The zero-order valence-corrected chi connectivity index (χ0v) is 9.28. The maximum Gasteiger partial charge on any atom is 0.198 e. The molecule has 0 bridgehead atoms. The summed E-state index contributed by atoms with van der Waals surface area (Å²) in [6.07, 6.45) is 6.33. The van der Waals surface area contributed by atoms with Crippen LogP contribution < -0.4 is 5.73 Å². The Hall–Kier alpha value is -1.51.